The fourth-order valence-corrected chi connectivity index (χ4v) is 5.98. The molecule has 3 aromatic rings. The monoisotopic (exact) mass is 503 g/mol. The molecule has 2 aromatic carbocycles. The molecule has 1 atom stereocenters. The Balaban J connectivity index is 1.85. The van der Waals surface area contributed by atoms with Gasteiger partial charge in [-0.2, -0.15) is 0 Å². The van der Waals surface area contributed by atoms with Gasteiger partial charge in [-0.25, -0.2) is 9.79 Å². The number of fused-ring (bicyclic) bond motifs is 2. The van der Waals surface area contributed by atoms with Crippen LogP contribution in [0.4, 0.5) is 5.69 Å². The zero-order valence-electron chi connectivity index (χ0n) is 20.4. The maximum absolute atomic E-state index is 14.1. The van der Waals surface area contributed by atoms with Crippen molar-refractivity contribution in [2.24, 2.45) is 4.99 Å². The second-order valence-corrected chi connectivity index (χ2v) is 9.28. The minimum absolute atomic E-state index is 0.182. The Morgan fingerprint density at radius 1 is 1.08 bits per heavy atom. The summed E-state index contributed by atoms with van der Waals surface area (Å²) in [5, 5.41) is 0. The van der Waals surface area contributed by atoms with Gasteiger partial charge in [0, 0.05) is 17.7 Å². The van der Waals surface area contributed by atoms with E-state index in [1.165, 1.54) is 4.57 Å². The molecule has 0 fully saturated rings. The molecule has 0 N–H and O–H groups in total. The summed E-state index contributed by atoms with van der Waals surface area (Å²) in [7, 11) is 1.54. The molecule has 184 valence electrons. The number of anilines is 1. The van der Waals surface area contributed by atoms with Gasteiger partial charge < -0.3 is 14.4 Å². The molecule has 5 rings (SSSR count). The van der Waals surface area contributed by atoms with Crippen LogP contribution in [0.1, 0.15) is 37.9 Å². The van der Waals surface area contributed by atoms with Crippen molar-refractivity contribution in [1.82, 2.24) is 4.57 Å². The predicted molar refractivity (Wildman–Crippen MR) is 137 cm³/mol. The molecule has 0 saturated carbocycles. The Hall–Kier alpha value is -3.98. The van der Waals surface area contributed by atoms with Gasteiger partial charge in [0.05, 0.1) is 36.2 Å². The van der Waals surface area contributed by atoms with Crippen LogP contribution in [0.2, 0.25) is 0 Å². The van der Waals surface area contributed by atoms with Crippen LogP contribution in [0.3, 0.4) is 0 Å². The number of hydrogen-bond donors (Lipinski definition) is 0. The van der Waals surface area contributed by atoms with E-state index >= 15 is 0 Å². The van der Waals surface area contributed by atoms with Gasteiger partial charge in [-0.1, -0.05) is 47.7 Å². The summed E-state index contributed by atoms with van der Waals surface area (Å²) >= 11 is 1.15. The van der Waals surface area contributed by atoms with Crippen molar-refractivity contribution in [3.8, 4) is 5.75 Å². The molecule has 1 amide bonds. The molecular formula is C27H25N3O5S. The molecule has 8 nitrogen and oxygen atoms in total. The summed E-state index contributed by atoms with van der Waals surface area (Å²) in [5.74, 6) is -0.247. The smallest absolute Gasteiger partial charge is 0.338 e. The molecule has 0 saturated heterocycles. The van der Waals surface area contributed by atoms with Crippen LogP contribution in [0.15, 0.2) is 69.6 Å². The molecule has 0 unspecified atom stereocenters. The Kier molecular flexibility index (Phi) is 6.09. The average molecular weight is 504 g/mol. The van der Waals surface area contributed by atoms with Crippen molar-refractivity contribution < 1.29 is 19.1 Å². The highest BCUT2D eigenvalue weighted by atomic mass is 32.1. The van der Waals surface area contributed by atoms with Gasteiger partial charge in [0.25, 0.3) is 11.5 Å². The SMILES string of the molecule is CCOC(=O)C1=C(C)N=c2s/c(=C3/C(=O)N(CC)c4ccccc43)c(=O)n2[C@H]1c1ccccc1OC. The van der Waals surface area contributed by atoms with Crippen LogP contribution in [0, 0.1) is 0 Å². The average Bonchev–Trinajstić information content (AvgIpc) is 3.35. The van der Waals surface area contributed by atoms with Crippen LogP contribution in [0.5, 0.6) is 5.75 Å². The molecule has 2 aliphatic rings. The first-order chi connectivity index (χ1) is 17.4. The van der Waals surface area contributed by atoms with Crippen molar-refractivity contribution in [2.45, 2.75) is 26.8 Å². The second-order valence-electron chi connectivity index (χ2n) is 8.31. The number of methoxy groups -OCH3 is 1. The van der Waals surface area contributed by atoms with Crippen molar-refractivity contribution >= 4 is 34.5 Å². The van der Waals surface area contributed by atoms with Gasteiger partial charge in [0.15, 0.2) is 4.80 Å². The molecule has 9 heteroatoms. The van der Waals surface area contributed by atoms with E-state index in [2.05, 4.69) is 4.99 Å². The molecule has 0 aliphatic carbocycles. The number of ether oxygens (including phenoxy) is 2. The maximum Gasteiger partial charge on any atom is 0.338 e. The highest BCUT2D eigenvalue weighted by Gasteiger charge is 2.37. The third-order valence-corrected chi connectivity index (χ3v) is 7.45. The molecule has 0 spiro atoms. The van der Waals surface area contributed by atoms with Gasteiger partial charge >= 0.3 is 5.97 Å². The van der Waals surface area contributed by atoms with Gasteiger partial charge in [0.1, 0.15) is 16.3 Å². The van der Waals surface area contributed by atoms with Gasteiger partial charge in [-0.3, -0.25) is 14.2 Å². The lowest BCUT2D eigenvalue weighted by Crippen LogP contribution is -2.41. The molecule has 2 aliphatic heterocycles. The summed E-state index contributed by atoms with van der Waals surface area (Å²) < 4.78 is 12.7. The van der Waals surface area contributed by atoms with Crippen molar-refractivity contribution in [3.05, 3.63) is 90.6 Å². The fraction of sp³-hybridized carbons (Fsp3) is 0.259. The number of aromatic nitrogens is 1. The van der Waals surface area contributed by atoms with Crippen LogP contribution >= 0.6 is 11.3 Å². The standard InChI is InChI=1S/C27H25N3O5S/c1-5-29-18-13-9-7-11-16(18)21(24(29)31)23-25(32)30-22(17-12-8-10-14-19(17)34-4)20(26(33)35-6-2)15(3)28-27(30)36-23/h7-14,22H,5-6H2,1-4H3/b23-21+/t22-/m0/s1. The van der Waals surface area contributed by atoms with Gasteiger partial charge in [-0.15, -0.1) is 0 Å². The normalized spacial score (nSPS) is 18.1. The Bertz CT molecular complexity index is 1610. The fourth-order valence-electron chi connectivity index (χ4n) is 4.84. The number of esters is 1. The number of amides is 1. The number of allylic oxidation sites excluding steroid dienone is 1. The summed E-state index contributed by atoms with van der Waals surface area (Å²) in [5.41, 5.74) is 2.80. The lowest BCUT2D eigenvalue weighted by Gasteiger charge is -2.25. The third-order valence-electron chi connectivity index (χ3n) is 6.39. The van der Waals surface area contributed by atoms with Crippen LogP contribution in [-0.4, -0.2) is 36.7 Å². The minimum Gasteiger partial charge on any atom is -0.496 e. The van der Waals surface area contributed by atoms with Crippen LogP contribution in [0.25, 0.3) is 5.57 Å². The maximum atomic E-state index is 14.1. The first-order valence-corrected chi connectivity index (χ1v) is 12.5. The van der Waals surface area contributed by atoms with Crippen molar-refractivity contribution in [1.29, 1.82) is 0 Å². The summed E-state index contributed by atoms with van der Waals surface area (Å²) in [6.45, 7) is 6.01. The van der Waals surface area contributed by atoms with Crippen molar-refractivity contribution in [2.75, 3.05) is 25.2 Å². The number of carbonyl (C=O) groups excluding carboxylic acids is 2. The molecule has 3 heterocycles. The molecule has 0 radical (unpaired) electrons. The molecule has 36 heavy (non-hydrogen) atoms. The van der Waals surface area contributed by atoms with Crippen molar-refractivity contribution in [3.63, 3.8) is 0 Å². The first kappa shape index (κ1) is 23.7. The van der Waals surface area contributed by atoms with Gasteiger partial charge in [-0.05, 0) is 32.9 Å². The quantitative estimate of drug-likeness (QED) is 0.499. The number of nitrogens with zero attached hydrogens (tertiary/aromatic N) is 3. The first-order valence-electron chi connectivity index (χ1n) is 11.7. The Morgan fingerprint density at radius 2 is 1.81 bits per heavy atom. The topological polar surface area (TPSA) is 90.2 Å². The number of carbonyl (C=O) groups is 2. The number of benzene rings is 2. The number of thiazole rings is 1. The number of likely N-dealkylation sites (N-methyl/N-ethyl adjacent to an activating group) is 1. The van der Waals surface area contributed by atoms with Crippen LogP contribution in [-0.2, 0) is 14.3 Å². The van der Waals surface area contributed by atoms with E-state index < -0.39 is 12.0 Å². The van der Waals surface area contributed by atoms with E-state index in [4.69, 9.17) is 9.47 Å². The second kappa shape index (κ2) is 9.23. The Morgan fingerprint density at radius 3 is 2.53 bits per heavy atom. The zero-order valence-corrected chi connectivity index (χ0v) is 21.2. The van der Waals surface area contributed by atoms with E-state index in [9.17, 15) is 14.4 Å². The Labute approximate surface area is 211 Å². The number of para-hydroxylation sites is 2. The van der Waals surface area contributed by atoms with E-state index in [1.807, 2.05) is 49.4 Å². The lowest BCUT2D eigenvalue weighted by molar-refractivity contribution is -0.139. The summed E-state index contributed by atoms with van der Waals surface area (Å²) in [4.78, 5) is 47.3. The summed E-state index contributed by atoms with van der Waals surface area (Å²) in [6, 6.07) is 13.9. The zero-order chi connectivity index (χ0) is 25.6. The number of hydrogen-bond acceptors (Lipinski definition) is 7. The lowest BCUT2D eigenvalue weighted by atomic mass is 9.95. The van der Waals surface area contributed by atoms with E-state index in [-0.39, 0.29) is 23.6 Å². The molecule has 1 aromatic heterocycles. The number of rotatable bonds is 5. The van der Waals surface area contributed by atoms with E-state index in [0.29, 0.717) is 44.0 Å². The molecular weight excluding hydrogens is 478 g/mol. The minimum atomic E-state index is -0.820. The highest BCUT2D eigenvalue weighted by Crippen LogP contribution is 2.37. The third kappa shape index (κ3) is 3.50. The molecule has 0 bridgehead atoms. The van der Waals surface area contributed by atoms with Crippen LogP contribution < -0.4 is 24.5 Å². The largest absolute Gasteiger partial charge is 0.496 e. The van der Waals surface area contributed by atoms with Gasteiger partial charge in [0.2, 0.25) is 0 Å². The van der Waals surface area contributed by atoms with E-state index in [0.717, 1.165) is 17.0 Å². The summed E-state index contributed by atoms with van der Waals surface area (Å²) in [6.07, 6.45) is 0. The van der Waals surface area contributed by atoms with E-state index in [1.54, 1.807) is 31.9 Å². The highest BCUT2D eigenvalue weighted by molar-refractivity contribution is 7.07. The predicted octanol–water partition coefficient (Wildman–Crippen LogP) is 2.54.